The molecule has 1 fully saturated rings. The number of guanidine groups is 1. The van der Waals surface area contributed by atoms with Gasteiger partial charge in [-0.3, -0.25) is 4.99 Å². The maximum atomic E-state index is 6.07. The van der Waals surface area contributed by atoms with E-state index in [0.29, 0.717) is 24.0 Å². The van der Waals surface area contributed by atoms with Crippen LogP contribution in [0.1, 0.15) is 18.4 Å². The number of methoxy groups -OCH3 is 2. The largest absolute Gasteiger partial charge is 0.493 e. The van der Waals surface area contributed by atoms with Crippen molar-refractivity contribution in [3.63, 3.8) is 0 Å². The van der Waals surface area contributed by atoms with Crippen molar-refractivity contribution in [3.05, 3.63) is 52.5 Å². The van der Waals surface area contributed by atoms with Crippen LogP contribution in [0.25, 0.3) is 0 Å². The summed E-state index contributed by atoms with van der Waals surface area (Å²) in [6.07, 6.45) is 2.26. The van der Waals surface area contributed by atoms with Crippen LogP contribution in [-0.2, 0) is 5.41 Å². The lowest BCUT2D eigenvalue weighted by molar-refractivity contribution is 0.355. The summed E-state index contributed by atoms with van der Waals surface area (Å²) in [5.41, 5.74) is 8.29. The Morgan fingerprint density at radius 2 is 1.85 bits per heavy atom. The molecule has 0 amide bonds. The minimum absolute atomic E-state index is 0. The average Bonchev–Trinajstić information content (AvgIpc) is 3.41. The van der Waals surface area contributed by atoms with Crippen molar-refractivity contribution in [3.8, 4) is 11.5 Å². The third kappa shape index (κ3) is 4.62. The number of hydrogen-bond acceptors (Lipinski definition) is 3. The van der Waals surface area contributed by atoms with Crippen molar-refractivity contribution in [2.24, 2.45) is 10.7 Å². The van der Waals surface area contributed by atoms with E-state index in [-0.39, 0.29) is 29.4 Å². The number of halogens is 2. The third-order valence-corrected chi connectivity index (χ3v) is 5.20. The van der Waals surface area contributed by atoms with E-state index in [1.807, 2.05) is 24.3 Å². The van der Waals surface area contributed by atoms with Gasteiger partial charge >= 0.3 is 0 Å². The molecule has 2 aromatic rings. The van der Waals surface area contributed by atoms with E-state index in [0.717, 1.165) is 23.0 Å². The highest BCUT2D eigenvalue weighted by Gasteiger charge is 2.45. The highest BCUT2D eigenvalue weighted by Crippen LogP contribution is 2.50. The van der Waals surface area contributed by atoms with Crippen LogP contribution in [0.4, 0.5) is 5.69 Å². The molecule has 26 heavy (non-hydrogen) atoms. The molecule has 0 spiro atoms. The van der Waals surface area contributed by atoms with E-state index < -0.39 is 0 Å². The van der Waals surface area contributed by atoms with Gasteiger partial charge in [0.05, 0.1) is 20.8 Å². The number of ether oxygens (including phenoxy) is 2. The van der Waals surface area contributed by atoms with Crippen LogP contribution in [0, 0.1) is 0 Å². The summed E-state index contributed by atoms with van der Waals surface area (Å²) < 4.78 is 11.7. The van der Waals surface area contributed by atoms with Crippen LogP contribution in [-0.4, -0.2) is 26.7 Å². The molecular weight excluding hydrogens is 509 g/mol. The minimum atomic E-state index is 0. The van der Waals surface area contributed by atoms with Gasteiger partial charge in [-0.15, -0.1) is 24.0 Å². The molecule has 0 radical (unpaired) electrons. The van der Waals surface area contributed by atoms with Gasteiger partial charge in [-0.1, -0.05) is 34.1 Å². The molecular formula is C19H23BrIN3O2. The fourth-order valence-corrected chi connectivity index (χ4v) is 3.60. The number of benzene rings is 2. The third-order valence-electron chi connectivity index (χ3n) is 4.51. The van der Waals surface area contributed by atoms with Gasteiger partial charge in [-0.25, -0.2) is 0 Å². The Kier molecular flexibility index (Phi) is 7.16. The maximum Gasteiger partial charge on any atom is 0.193 e. The summed E-state index contributed by atoms with van der Waals surface area (Å²) in [6, 6.07) is 13.9. The van der Waals surface area contributed by atoms with Gasteiger partial charge < -0.3 is 20.5 Å². The van der Waals surface area contributed by atoms with Crippen LogP contribution in [0.2, 0.25) is 0 Å². The Hall–Kier alpha value is -1.48. The van der Waals surface area contributed by atoms with Gasteiger partial charge in [-0.05, 0) is 36.6 Å². The molecule has 5 nitrogen and oxygen atoms in total. The topological polar surface area (TPSA) is 68.9 Å². The van der Waals surface area contributed by atoms with Gasteiger partial charge in [0.2, 0.25) is 0 Å². The van der Waals surface area contributed by atoms with Crippen molar-refractivity contribution < 1.29 is 9.47 Å². The lowest BCUT2D eigenvalue weighted by Gasteiger charge is -2.16. The van der Waals surface area contributed by atoms with E-state index in [2.05, 4.69) is 44.4 Å². The second-order valence-electron chi connectivity index (χ2n) is 6.16. The minimum Gasteiger partial charge on any atom is -0.493 e. The van der Waals surface area contributed by atoms with Crippen molar-refractivity contribution in [1.29, 1.82) is 0 Å². The molecule has 3 N–H and O–H groups in total. The Morgan fingerprint density at radius 3 is 2.46 bits per heavy atom. The van der Waals surface area contributed by atoms with Crippen LogP contribution in [0.5, 0.6) is 11.5 Å². The average molecular weight is 532 g/mol. The molecule has 140 valence electrons. The molecule has 7 heteroatoms. The number of nitrogens with one attached hydrogen (secondary N) is 1. The standard InChI is InChI=1S/C19H22BrN3O2.HI/c1-24-16-8-7-13(11-17(16)25-2)23-18(21)22-12-19(9-10-19)14-5-3-4-6-15(14)20;/h3-8,11H,9-10,12H2,1-2H3,(H3,21,22,23);1H. The lowest BCUT2D eigenvalue weighted by atomic mass is 9.96. The molecule has 0 aliphatic heterocycles. The zero-order valence-electron chi connectivity index (χ0n) is 14.8. The van der Waals surface area contributed by atoms with Gasteiger partial charge in [0, 0.05) is 21.6 Å². The number of rotatable bonds is 6. The molecule has 1 aliphatic rings. The highest BCUT2D eigenvalue weighted by molar-refractivity contribution is 14.0. The van der Waals surface area contributed by atoms with E-state index in [1.54, 1.807) is 14.2 Å². The van der Waals surface area contributed by atoms with Crippen molar-refractivity contribution in [1.82, 2.24) is 0 Å². The summed E-state index contributed by atoms with van der Waals surface area (Å²) in [4.78, 5) is 4.56. The second-order valence-corrected chi connectivity index (χ2v) is 7.01. The number of aliphatic imine (C=N–C) groups is 1. The number of hydrogen-bond donors (Lipinski definition) is 2. The molecule has 1 saturated carbocycles. The molecule has 0 aromatic heterocycles. The Morgan fingerprint density at radius 1 is 1.15 bits per heavy atom. The SMILES string of the molecule is COc1ccc(NC(N)=NCC2(c3ccccc3Br)CC2)cc1OC.I. The smallest absolute Gasteiger partial charge is 0.193 e. The quantitative estimate of drug-likeness (QED) is 0.326. The van der Waals surface area contributed by atoms with Crippen LogP contribution in [0.3, 0.4) is 0 Å². The molecule has 0 atom stereocenters. The first kappa shape index (κ1) is 20.8. The Balaban J connectivity index is 0.00000243. The van der Waals surface area contributed by atoms with E-state index in [4.69, 9.17) is 15.2 Å². The molecule has 0 saturated heterocycles. The van der Waals surface area contributed by atoms with Gasteiger partial charge in [0.25, 0.3) is 0 Å². The fraction of sp³-hybridized carbons (Fsp3) is 0.316. The maximum absolute atomic E-state index is 6.07. The van der Waals surface area contributed by atoms with Gasteiger partial charge in [0.15, 0.2) is 17.5 Å². The van der Waals surface area contributed by atoms with Gasteiger partial charge in [-0.2, -0.15) is 0 Å². The molecule has 1 aliphatic carbocycles. The molecule has 0 bridgehead atoms. The first-order valence-electron chi connectivity index (χ1n) is 8.12. The van der Waals surface area contributed by atoms with Crippen molar-refractivity contribution in [2.45, 2.75) is 18.3 Å². The second kappa shape index (κ2) is 8.94. The monoisotopic (exact) mass is 531 g/mol. The van der Waals surface area contributed by atoms with Crippen LogP contribution >= 0.6 is 39.9 Å². The Bertz CT molecular complexity index is 794. The zero-order chi connectivity index (χ0) is 17.9. The van der Waals surface area contributed by atoms with Crippen LogP contribution < -0.4 is 20.5 Å². The lowest BCUT2D eigenvalue weighted by Crippen LogP contribution is -2.25. The number of nitrogens with zero attached hydrogens (tertiary/aromatic N) is 1. The first-order valence-corrected chi connectivity index (χ1v) is 8.91. The van der Waals surface area contributed by atoms with Crippen molar-refractivity contribution in [2.75, 3.05) is 26.1 Å². The summed E-state index contributed by atoms with van der Waals surface area (Å²) in [6.45, 7) is 0.668. The van der Waals surface area contributed by atoms with Gasteiger partial charge in [0.1, 0.15) is 0 Å². The molecule has 0 heterocycles. The fourth-order valence-electron chi connectivity index (χ4n) is 2.89. The molecule has 2 aromatic carbocycles. The van der Waals surface area contributed by atoms with Crippen molar-refractivity contribution >= 4 is 51.6 Å². The van der Waals surface area contributed by atoms with Crippen LogP contribution in [0.15, 0.2) is 51.9 Å². The first-order chi connectivity index (χ1) is 12.1. The number of anilines is 1. The highest BCUT2D eigenvalue weighted by atomic mass is 127. The summed E-state index contributed by atoms with van der Waals surface area (Å²) in [5, 5.41) is 3.11. The number of nitrogens with two attached hydrogens (primary N) is 1. The van der Waals surface area contributed by atoms with E-state index in [1.165, 1.54) is 5.56 Å². The predicted octanol–water partition coefficient (Wildman–Crippen LogP) is 4.54. The summed E-state index contributed by atoms with van der Waals surface area (Å²) in [5.74, 6) is 1.71. The summed E-state index contributed by atoms with van der Waals surface area (Å²) >= 11 is 3.64. The predicted molar refractivity (Wildman–Crippen MR) is 120 cm³/mol. The zero-order valence-corrected chi connectivity index (χ0v) is 18.7. The molecule has 3 rings (SSSR count). The van der Waals surface area contributed by atoms with E-state index in [9.17, 15) is 0 Å². The Labute approximate surface area is 179 Å². The summed E-state index contributed by atoms with van der Waals surface area (Å²) in [7, 11) is 3.21. The normalized spacial score (nSPS) is 15.0. The molecule has 0 unspecified atom stereocenters. The van der Waals surface area contributed by atoms with E-state index >= 15 is 0 Å².